The molecule has 0 spiro atoms. The van der Waals surface area contributed by atoms with Gasteiger partial charge in [-0.25, -0.2) is 14.1 Å². The molecule has 1 fully saturated rings. The molecule has 6 nitrogen and oxygen atoms in total. The number of tetrazole rings is 1. The van der Waals surface area contributed by atoms with Gasteiger partial charge in [0.1, 0.15) is 23.2 Å². The molecule has 3 aromatic rings. The number of thioether (sulfide) groups is 1. The molecule has 4 rings (SSSR count). The topological polar surface area (TPSA) is 65.7 Å². The van der Waals surface area contributed by atoms with Gasteiger partial charge in [-0.3, -0.25) is 0 Å². The van der Waals surface area contributed by atoms with E-state index in [1.165, 1.54) is 31.4 Å². The molecule has 142 valence electrons. The fourth-order valence-electron chi connectivity index (χ4n) is 3.13. The molecule has 0 amide bonds. The van der Waals surface area contributed by atoms with Gasteiger partial charge < -0.3 is 4.74 Å². The van der Waals surface area contributed by atoms with Crippen LogP contribution in [0.4, 0.5) is 4.39 Å². The van der Waals surface area contributed by atoms with Crippen LogP contribution >= 0.6 is 23.1 Å². The van der Waals surface area contributed by atoms with Crippen molar-refractivity contribution in [2.75, 3.05) is 0 Å². The lowest BCUT2D eigenvalue weighted by molar-refractivity contribution is 0.305. The van der Waals surface area contributed by atoms with Crippen molar-refractivity contribution in [3.8, 4) is 5.75 Å². The lowest BCUT2D eigenvalue weighted by Gasteiger charge is -2.21. The van der Waals surface area contributed by atoms with Crippen molar-refractivity contribution in [2.45, 2.75) is 55.7 Å². The molecule has 0 atom stereocenters. The maximum Gasteiger partial charge on any atom is 0.209 e. The van der Waals surface area contributed by atoms with Gasteiger partial charge in [0.15, 0.2) is 0 Å². The highest BCUT2D eigenvalue weighted by Gasteiger charge is 2.20. The number of hydrogen-bond donors (Lipinski definition) is 0. The van der Waals surface area contributed by atoms with Crippen LogP contribution < -0.4 is 4.74 Å². The van der Waals surface area contributed by atoms with E-state index < -0.39 is 0 Å². The Kier molecular flexibility index (Phi) is 5.98. The molecule has 1 aromatic carbocycles. The van der Waals surface area contributed by atoms with Crippen LogP contribution in [0.5, 0.6) is 5.75 Å². The number of aromatic nitrogens is 5. The summed E-state index contributed by atoms with van der Waals surface area (Å²) in [5.41, 5.74) is 0.987. The summed E-state index contributed by atoms with van der Waals surface area (Å²) in [7, 11) is 0. The van der Waals surface area contributed by atoms with Crippen LogP contribution in [0.25, 0.3) is 0 Å². The van der Waals surface area contributed by atoms with Gasteiger partial charge in [-0.1, -0.05) is 31.0 Å². The molecule has 0 saturated heterocycles. The predicted octanol–water partition coefficient (Wildman–Crippen LogP) is 4.65. The third-order valence-corrected chi connectivity index (χ3v) is 6.35. The number of benzene rings is 1. The summed E-state index contributed by atoms with van der Waals surface area (Å²) in [6.07, 6.45) is 6.11. The number of rotatable bonds is 7. The number of hydrogen-bond acceptors (Lipinski definition) is 7. The Morgan fingerprint density at radius 3 is 2.81 bits per heavy atom. The molecule has 1 aliphatic rings. The molecule has 9 heteroatoms. The van der Waals surface area contributed by atoms with Gasteiger partial charge in [0, 0.05) is 11.1 Å². The largest absolute Gasteiger partial charge is 0.486 e. The van der Waals surface area contributed by atoms with E-state index in [1.807, 2.05) is 10.1 Å². The fraction of sp³-hybridized carbons (Fsp3) is 0.444. The van der Waals surface area contributed by atoms with E-state index in [9.17, 15) is 4.39 Å². The van der Waals surface area contributed by atoms with E-state index >= 15 is 0 Å². The summed E-state index contributed by atoms with van der Waals surface area (Å²) in [5.74, 6) is 1.08. The molecular weight excluding hydrogens is 385 g/mol. The highest BCUT2D eigenvalue weighted by atomic mass is 32.2. The Labute approximate surface area is 165 Å². The van der Waals surface area contributed by atoms with Crippen LogP contribution in [0.15, 0.2) is 34.8 Å². The van der Waals surface area contributed by atoms with E-state index in [2.05, 4.69) is 20.5 Å². The normalized spacial score (nSPS) is 15.1. The third kappa shape index (κ3) is 4.84. The van der Waals surface area contributed by atoms with Crippen molar-refractivity contribution >= 4 is 23.1 Å². The van der Waals surface area contributed by atoms with E-state index in [0.29, 0.717) is 18.4 Å². The van der Waals surface area contributed by atoms with Crippen molar-refractivity contribution in [3.05, 3.63) is 46.2 Å². The lowest BCUT2D eigenvalue weighted by atomic mass is 9.96. The average molecular weight is 406 g/mol. The van der Waals surface area contributed by atoms with E-state index in [0.717, 1.165) is 34.5 Å². The SMILES string of the molecule is Fc1ccc(OCc2nc(CSc3nnnn3C3CCCCC3)cs2)cc1. The van der Waals surface area contributed by atoms with E-state index in [-0.39, 0.29) is 5.82 Å². The van der Waals surface area contributed by atoms with Crippen molar-refractivity contribution in [1.29, 1.82) is 0 Å². The number of ether oxygens (including phenoxy) is 1. The molecule has 0 unspecified atom stereocenters. The molecule has 0 N–H and O–H groups in total. The second-order valence-corrected chi connectivity index (χ2v) is 8.35. The Morgan fingerprint density at radius 1 is 1.19 bits per heavy atom. The fourth-order valence-corrected chi connectivity index (χ4v) is 4.78. The van der Waals surface area contributed by atoms with Crippen LogP contribution in [0.1, 0.15) is 48.8 Å². The van der Waals surface area contributed by atoms with Gasteiger partial charge in [0.2, 0.25) is 5.16 Å². The third-order valence-electron chi connectivity index (χ3n) is 4.51. The van der Waals surface area contributed by atoms with Crippen LogP contribution in [-0.2, 0) is 12.4 Å². The van der Waals surface area contributed by atoms with Crippen LogP contribution in [-0.4, -0.2) is 25.2 Å². The highest BCUT2D eigenvalue weighted by molar-refractivity contribution is 7.98. The summed E-state index contributed by atoms with van der Waals surface area (Å²) in [6.45, 7) is 0.376. The highest BCUT2D eigenvalue weighted by Crippen LogP contribution is 2.31. The summed E-state index contributed by atoms with van der Waals surface area (Å²) in [6, 6.07) is 6.42. The summed E-state index contributed by atoms with van der Waals surface area (Å²) < 4.78 is 20.5. The second-order valence-electron chi connectivity index (χ2n) is 6.46. The average Bonchev–Trinajstić information content (AvgIpc) is 3.36. The van der Waals surface area contributed by atoms with Gasteiger partial charge in [-0.2, -0.15) is 0 Å². The standard InChI is InChI=1S/C18H20FN5OS2/c19-13-6-8-16(9-7-13)25-10-17-20-14(11-26-17)12-27-18-21-22-23-24(18)15-4-2-1-3-5-15/h6-9,11,15H,1-5,10,12H2. The maximum atomic E-state index is 12.9. The molecule has 0 aliphatic heterocycles. The number of halogens is 1. The number of thiazole rings is 1. The van der Waals surface area contributed by atoms with Gasteiger partial charge in [0.25, 0.3) is 0 Å². The Bertz CT molecular complexity index is 861. The second kappa shape index (κ2) is 8.79. The molecule has 27 heavy (non-hydrogen) atoms. The van der Waals surface area contributed by atoms with Crippen molar-refractivity contribution in [2.24, 2.45) is 0 Å². The van der Waals surface area contributed by atoms with Crippen LogP contribution in [0.3, 0.4) is 0 Å². The minimum absolute atomic E-state index is 0.272. The van der Waals surface area contributed by atoms with Gasteiger partial charge >= 0.3 is 0 Å². The molecular formula is C18H20FN5OS2. The van der Waals surface area contributed by atoms with Crippen molar-refractivity contribution in [3.63, 3.8) is 0 Å². The first-order valence-corrected chi connectivity index (χ1v) is 10.9. The quantitative estimate of drug-likeness (QED) is 0.533. The minimum Gasteiger partial charge on any atom is -0.486 e. The smallest absolute Gasteiger partial charge is 0.209 e. The van der Waals surface area contributed by atoms with Crippen LogP contribution in [0, 0.1) is 5.82 Å². The zero-order valence-corrected chi connectivity index (χ0v) is 16.4. The van der Waals surface area contributed by atoms with E-state index in [4.69, 9.17) is 4.74 Å². The lowest BCUT2D eigenvalue weighted by Crippen LogP contribution is -2.15. The van der Waals surface area contributed by atoms with Gasteiger partial charge in [0.05, 0.1) is 11.7 Å². The Balaban J connectivity index is 1.31. The summed E-state index contributed by atoms with van der Waals surface area (Å²) in [4.78, 5) is 4.61. The molecule has 1 aliphatic carbocycles. The minimum atomic E-state index is -0.272. The Hall–Kier alpha value is -2.00. The molecule has 0 radical (unpaired) electrons. The first-order chi connectivity index (χ1) is 13.3. The zero-order chi connectivity index (χ0) is 18.5. The predicted molar refractivity (Wildman–Crippen MR) is 102 cm³/mol. The maximum absolute atomic E-state index is 12.9. The van der Waals surface area contributed by atoms with Crippen LogP contribution in [0.2, 0.25) is 0 Å². The monoisotopic (exact) mass is 405 g/mol. The summed E-state index contributed by atoms with van der Waals surface area (Å²) >= 11 is 3.18. The van der Waals surface area contributed by atoms with Crippen molar-refractivity contribution < 1.29 is 9.13 Å². The van der Waals surface area contributed by atoms with Gasteiger partial charge in [-0.15, -0.1) is 16.4 Å². The number of nitrogens with zero attached hydrogens (tertiary/aromatic N) is 5. The summed E-state index contributed by atoms with van der Waals surface area (Å²) in [5, 5.41) is 16.0. The molecule has 2 aromatic heterocycles. The molecule has 2 heterocycles. The first kappa shape index (κ1) is 18.4. The molecule has 0 bridgehead atoms. The van der Waals surface area contributed by atoms with E-state index in [1.54, 1.807) is 35.2 Å². The van der Waals surface area contributed by atoms with Crippen molar-refractivity contribution in [1.82, 2.24) is 25.2 Å². The van der Waals surface area contributed by atoms with Gasteiger partial charge in [-0.05, 0) is 47.5 Å². The Morgan fingerprint density at radius 2 is 2.00 bits per heavy atom. The zero-order valence-electron chi connectivity index (χ0n) is 14.8. The molecule has 1 saturated carbocycles. The first-order valence-electron chi connectivity index (χ1n) is 9.00.